The van der Waals surface area contributed by atoms with Crippen molar-refractivity contribution < 1.29 is 14.3 Å². The first-order valence-electron chi connectivity index (χ1n) is 6.60. The zero-order valence-corrected chi connectivity index (χ0v) is 12.5. The maximum absolute atomic E-state index is 12.0. The van der Waals surface area contributed by atoms with Gasteiger partial charge in [0, 0.05) is 6.54 Å². The van der Waals surface area contributed by atoms with E-state index in [1.54, 1.807) is 0 Å². The second kappa shape index (κ2) is 7.39. The molecule has 0 aliphatic heterocycles. The predicted molar refractivity (Wildman–Crippen MR) is 72.0 cm³/mol. The fourth-order valence-corrected chi connectivity index (χ4v) is 2.01. The van der Waals surface area contributed by atoms with Gasteiger partial charge in [-0.05, 0) is 17.8 Å². The summed E-state index contributed by atoms with van der Waals surface area (Å²) in [5.74, 6) is -1.48. The Bertz CT molecular complexity index is 285. The van der Waals surface area contributed by atoms with E-state index in [1.807, 2.05) is 13.8 Å². The standard InChI is InChI=1S/C14H27NO3/c1-7-8-14(4,5)9-15-12(16)11(10(2)3)13(17)18-6/h10-11H,7-9H2,1-6H3,(H,15,16). The number of amides is 1. The maximum atomic E-state index is 12.0. The SMILES string of the molecule is CCCC(C)(C)CNC(=O)C(C(=O)OC)C(C)C. The largest absolute Gasteiger partial charge is 0.468 e. The van der Waals surface area contributed by atoms with E-state index in [9.17, 15) is 9.59 Å². The quantitative estimate of drug-likeness (QED) is 0.563. The highest BCUT2D eigenvalue weighted by Crippen LogP contribution is 2.21. The summed E-state index contributed by atoms with van der Waals surface area (Å²) in [6, 6.07) is 0. The molecule has 1 atom stereocenters. The highest BCUT2D eigenvalue weighted by atomic mass is 16.5. The fourth-order valence-electron chi connectivity index (χ4n) is 2.01. The van der Waals surface area contributed by atoms with Gasteiger partial charge in [0.1, 0.15) is 5.92 Å². The van der Waals surface area contributed by atoms with E-state index in [2.05, 4.69) is 30.8 Å². The second-order valence-corrected chi connectivity index (χ2v) is 5.88. The van der Waals surface area contributed by atoms with E-state index in [0.717, 1.165) is 12.8 Å². The molecule has 0 aromatic rings. The number of esters is 1. The summed E-state index contributed by atoms with van der Waals surface area (Å²) in [5, 5.41) is 2.86. The summed E-state index contributed by atoms with van der Waals surface area (Å²) < 4.78 is 4.67. The third-order valence-electron chi connectivity index (χ3n) is 3.07. The van der Waals surface area contributed by atoms with Crippen molar-refractivity contribution in [2.45, 2.75) is 47.5 Å². The highest BCUT2D eigenvalue weighted by molar-refractivity contribution is 5.98. The molecule has 0 radical (unpaired) electrons. The Hall–Kier alpha value is -1.06. The number of nitrogens with one attached hydrogen (secondary N) is 1. The molecule has 0 rings (SSSR count). The summed E-state index contributed by atoms with van der Waals surface area (Å²) in [5.41, 5.74) is 0.0576. The number of carbonyl (C=O) groups is 2. The smallest absolute Gasteiger partial charge is 0.318 e. The minimum atomic E-state index is -0.715. The molecule has 0 aliphatic rings. The van der Waals surface area contributed by atoms with Crippen LogP contribution in [0.25, 0.3) is 0 Å². The van der Waals surface area contributed by atoms with Gasteiger partial charge in [0.25, 0.3) is 0 Å². The molecule has 0 aliphatic carbocycles. The summed E-state index contributed by atoms with van der Waals surface area (Å²) in [6.07, 6.45) is 2.12. The zero-order chi connectivity index (χ0) is 14.3. The highest BCUT2D eigenvalue weighted by Gasteiger charge is 2.31. The number of hydrogen-bond donors (Lipinski definition) is 1. The van der Waals surface area contributed by atoms with Crippen molar-refractivity contribution in [3.05, 3.63) is 0 Å². The van der Waals surface area contributed by atoms with E-state index in [1.165, 1.54) is 7.11 Å². The molecule has 1 amide bonds. The van der Waals surface area contributed by atoms with Gasteiger partial charge in [0.15, 0.2) is 0 Å². The van der Waals surface area contributed by atoms with Gasteiger partial charge in [-0.2, -0.15) is 0 Å². The molecule has 18 heavy (non-hydrogen) atoms. The van der Waals surface area contributed by atoms with Crippen LogP contribution in [-0.4, -0.2) is 25.5 Å². The van der Waals surface area contributed by atoms with Gasteiger partial charge < -0.3 is 10.1 Å². The van der Waals surface area contributed by atoms with E-state index in [-0.39, 0.29) is 17.2 Å². The van der Waals surface area contributed by atoms with Gasteiger partial charge in [0.2, 0.25) is 5.91 Å². The van der Waals surface area contributed by atoms with Crippen LogP contribution < -0.4 is 5.32 Å². The van der Waals surface area contributed by atoms with E-state index >= 15 is 0 Å². The topological polar surface area (TPSA) is 55.4 Å². The molecule has 0 saturated carbocycles. The molecule has 0 fully saturated rings. The lowest BCUT2D eigenvalue weighted by Gasteiger charge is -2.26. The second-order valence-electron chi connectivity index (χ2n) is 5.88. The first-order valence-corrected chi connectivity index (χ1v) is 6.60. The molecule has 1 N–H and O–H groups in total. The normalized spacial score (nSPS) is 13.3. The molecule has 4 nitrogen and oxygen atoms in total. The Morgan fingerprint density at radius 3 is 2.22 bits per heavy atom. The van der Waals surface area contributed by atoms with Crippen molar-refractivity contribution in [3.8, 4) is 0 Å². The Morgan fingerprint density at radius 1 is 1.28 bits per heavy atom. The fraction of sp³-hybridized carbons (Fsp3) is 0.857. The van der Waals surface area contributed by atoms with Gasteiger partial charge in [0.05, 0.1) is 7.11 Å². The van der Waals surface area contributed by atoms with Gasteiger partial charge in [-0.1, -0.05) is 41.0 Å². The molecule has 0 spiro atoms. The van der Waals surface area contributed by atoms with Crippen LogP contribution in [0.3, 0.4) is 0 Å². The zero-order valence-electron chi connectivity index (χ0n) is 12.5. The Labute approximate surface area is 110 Å². The van der Waals surface area contributed by atoms with Crippen molar-refractivity contribution in [2.75, 3.05) is 13.7 Å². The average Bonchev–Trinajstić information content (AvgIpc) is 2.26. The Balaban J connectivity index is 4.49. The van der Waals surface area contributed by atoms with Crippen LogP contribution in [0.1, 0.15) is 47.5 Å². The molecular formula is C14H27NO3. The lowest BCUT2D eigenvalue weighted by Crippen LogP contribution is -2.42. The lowest BCUT2D eigenvalue weighted by atomic mass is 9.87. The van der Waals surface area contributed by atoms with E-state index < -0.39 is 11.9 Å². The number of rotatable bonds is 7. The minimum Gasteiger partial charge on any atom is -0.468 e. The molecule has 1 unspecified atom stereocenters. The molecule has 106 valence electrons. The van der Waals surface area contributed by atoms with Crippen LogP contribution in [0.5, 0.6) is 0 Å². The predicted octanol–water partition coefficient (Wildman–Crippen LogP) is 2.37. The number of ether oxygens (including phenoxy) is 1. The molecule has 0 aromatic carbocycles. The van der Waals surface area contributed by atoms with Crippen molar-refractivity contribution in [1.82, 2.24) is 5.32 Å². The van der Waals surface area contributed by atoms with Crippen molar-refractivity contribution in [1.29, 1.82) is 0 Å². The number of methoxy groups -OCH3 is 1. The van der Waals surface area contributed by atoms with E-state index in [4.69, 9.17) is 0 Å². The molecular weight excluding hydrogens is 230 g/mol. The van der Waals surface area contributed by atoms with Crippen molar-refractivity contribution >= 4 is 11.9 Å². The third kappa shape index (κ3) is 5.52. The van der Waals surface area contributed by atoms with E-state index in [0.29, 0.717) is 6.54 Å². The Kier molecular flexibility index (Phi) is 6.96. The van der Waals surface area contributed by atoms with Crippen molar-refractivity contribution in [2.24, 2.45) is 17.3 Å². The van der Waals surface area contributed by atoms with Gasteiger partial charge in [-0.25, -0.2) is 0 Å². The van der Waals surface area contributed by atoms with Crippen LogP contribution in [0.15, 0.2) is 0 Å². The summed E-state index contributed by atoms with van der Waals surface area (Å²) in [4.78, 5) is 23.6. The number of carbonyl (C=O) groups excluding carboxylic acids is 2. The van der Waals surface area contributed by atoms with Crippen LogP contribution in [0, 0.1) is 17.3 Å². The first kappa shape index (κ1) is 16.9. The molecule has 0 aromatic heterocycles. The van der Waals surface area contributed by atoms with Gasteiger partial charge in [-0.15, -0.1) is 0 Å². The molecule has 0 bridgehead atoms. The van der Waals surface area contributed by atoms with Crippen molar-refractivity contribution in [3.63, 3.8) is 0 Å². The molecule has 4 heteroatoms. The monoisotopic (exact) mass is 257 g/mol. The van der Waals surface area contributed by atoms with Crippen LogP contribution >= 0.6 is 0 Å². The average molecular weight is 257 g/mol. The third-order valence-corrected chi connectivity index (χ3v) is 3.07. The molecule has 0 saturated heterocycles. The Morgan fingerprint density at radius 2 is 1.83 bits per heavy atom. The van der Waals surface area contributed by atoms with Crippen LogP contribution in [0.2, 0.25) is 0 Å². The van der Waals surface area contributed by atoms with Gasteiger partial charge in [-0.3, -0.25) is 9.59 Å². The van der Waals surface area contributed by atoms with Gasteiger partial charge >= 0.3 is 5.97 Å². The first-order chi connectivity index (χ1) is 8.25. The van der Waals surface area contributed by atoms with Crippen LogP contribution in [-0.2, 0) is 14.3 Å². The lowest BCUT2D eigenvalue weighted by molar-refractivity contribution is -0.152. The summed E-state index contributed by atoms with van der Waals surface area (Å²) in [7, 11) is 1.31. The number of hydrogen-bond acceptors (Lipinski definition) is 3. The van der Waals surface area contributed by atoms with Crippen LogP contribution in [0.4, 0.5) is 0 Å². The summed E-state index contributed by atoms with van der Waals surface area (Å²) in [6.45, 7) is 10.6. The molecule has 0 heterocycles. The maximum Gasteiger partial charge on any atom is 0.318 e. The summed E-state index contributed by atoms with van der Waals surface area (Å²) >= 11 is 0. The minimum absolute atomic E-state index is 0.0576.